The Hall–Kier alpha value is -1.77. The molecule has 2 N–H and O–H groups in total. The molecule has 3 nitrogen and oxygen atoms in total. The molecule has 0 aliphatic carbocycles. The molecule has 0 aliphatic heterocycles. The van der Waals surface area contributed by atoms with Gasteiger partial charge < -0.3 is 10.3 Å². The average molecular weight is 257 g/mol. The fourth-order valence-electron chi connectivity index (χ4n) is 2.28. The molecule has 102 valence electrons. The maximum atomic E-state index is 6.32. The number of hydrogen-bond acceptors (Lipinski definition) is 2. The average Bonchev–Trinajstić information content (AvgIpc) is 2.75. The van der Waals surface area contributed by atoms with Crippen molar-refractivity contribution in [1.82, 2.24) is 9.55 Å². The monoisotopic (exact) mass is 257 g/mol. The van der Waals surface area contributed by atoms with Crippen LogP contribution in [0.3, 0.4) is 0 Å². The van der Waals surface area contributed by atoms with Crippen molar-refractivity contribution in [2.24, 2.45) is 0 Å². The van der Waals surface area contributed by atoms with Gasteiger partial charge in [0.2, 0.25) is 0 Å². The van der Waals surface area contributed by atoms with Crippen molar-refractivity contribution in [2.45, 2.75) is 46.1 Å². The largest absolute Gasteiger partial charge is 0.383 e. The highest BCUT2D eigenvalue weighted by Gasteiger charge is 2.17. The van der Waals surface area contributed by atoms with E-state index in [9.17, 15) is 0 Å². The van der Waals surface area contributed by atoms with Crippen LogP contribution in [-0.4, -0.2) is 9.55 Å². The molecule has 2 aromatic rings. The zero-order valence-electron chi connectivity index (χ0n) is 12.1. The number of imidazole rings is 1. The lowest BCUT2D eigenvalue weighted by Gasteiger charge is -2.11. The number of benzene rings is 1. The molecule has 0 amide bonds. The van der Waals surface area contributed by atoms with Gasteiger partial charge in [0.1, 0.15) is 17.3 Å². The number of nitrogens with zero attached hydrogens (tertiary/aromatic N) is 2. The van der Waals surface area contributed by atoms with E-state index in [1.54, 1.807) is 0 Å². The van der Waals surface area contributed by atoms with Crippen LogP contribution in [-0.2, 0) is 6.54 Å². The number of hydrogen-bond donors (Lipinski definition) is 1. The molecule has 0 fully saturated rings. The second-order valence-electron chi connectivity index (χ2n) is 5.23. The minimum Gasteiger partial charge on any atom is -0.383 e. The third-order valence-corrected chi connectivity index (χ3v) is 3.34. The number of nitrogens with two attached hydrogens (primary N) is 1. The molecule has 0 atom stereocenters. The maximum Gasteiger partial charge on any atom is 0.131 e. The molecule has 1 heterocycles. The number of aromatic nitrogens is 2. The molecule has 3 heteroatoms. The molecular weight excluding hydrogens is 234 g/mol. The Kier molecular flexibility index (Phi) is 4.25. The van der Waals surface area contributed by atoms with Crippen LogP contribution in [0.5, 0.6) is 0 Å². The summed E-state index contributed by atoms with van der Waals surface area (Å²) in [6.07, 6.45) is 2.30. The molecule has 1 aromatic carbocycles. The molecule has 19 heavy (non-hydrogen) atoms. The third-order valence-electron chi connectivity index (χ3n) is 3.34. The van der Waals surface area contributed by atoms with E-state index >= 15 is 0 Å². The van der Waals surface area contributed by atoms with Crippen LogP contribution in [0.1, 0.15) is 45.4 Å². The lowest BCUT2D eigenvalue weighted by atomic mass is 10.1. The first-order chi connectivity index (χ1) is 9.15. The first-order valence-corrected chi connectivity index (χ1v) is 7.06. The van der Waals surface area contributed by atoms with Crippen molar-refractivity contribution in [3.05, 3.63) is 36.2 Å². The van der Waals surface area contributed by atoms with Gasteiger partial charge in [-0.05, 0) is 6.42 Å². The molecule has 0 aliphatic rings. The Morgan fingerprint density at radius 3 is 2.47 bits per heavy atom. The number of unbranched alkanes of at least 4 members (excludes halogenated alkanes) is 1. The molecule has 1 aromatic heterocycles. The summed E-state index contributed by atoms with van der Waals surface area (Å²) < 4.78 is 2.18. The van der Waals surface area contributed by atoms with Crippen LogP contribution in [0.2, 0.25) is 0 Å². The molecule has 0 spiro atoms. The van der Waals surface area contributed by atoms with E-state index in [4.69, 9.17) is 10.7 Å². The van der Waals surface area contributed by atoms with Crippen LogP contribution in [0, 0.1) is 0 Å². The van der Waals surface area contributed by atoms with E-state index in [2.05, 4.69) is 37.5 Å². The Morgan fingerprint density at radius 1 is 1.21 bits per heavy atom. The van der Waals surface area contributed by atoms with Gasteiger partial charge in [0, 0.05) is 18.0 Å². The quantitative estimate of drug-likeness (QED) is 0.878. The van der Waals surface area contributed by atoms with Gasteiger partial charge in [-0.15, -0.1) is 0 Å². The van der Waals surface area contributed by atoms with Gasteiger partial charge in [-0.3, -0.25) is 0 Å². The SMILES string of the molecule is CCCCn1c(C(C)C)nc(-c2ccccc2)c1N. The molecule has 0 bridgehead atoms. The third kappa shape index (κ3) is 2.80. The van der Waals surface area contributed by atoms with Gasteiger partial charge >= 0.3 is 0 Å². The summed E-state index contributed by atoms with van der Waals surface area (Å²) in [5, 5.41) is 0. The van der Waals surface area contributed by atoms with Crippen molar-refractivity contribution < 1.29 is 0 Å². The summed E-state index contributed by atoms with van der Waals surface area (Å²) in [5.41, 5.74) is 8.33. The summed E-state index contributed by atoms with van der Waals surface area (Å²) in [6, 6.07) is 10.2. The number of nitrogen functional groups attached to an aromatic ring is 1. The van der Waals surface area contributed by atoms with E-state index in [-0.39, 0.29) is 0 Å². The van der Waals surface area contributed by atoms with E-state index in [0.717, 1.165) is 42.3 Å². The van der Waals surface area contributed by atoms with Crippen molar-refractivity contribution in [3.63, 3.8) is 0 Å². The second-order valence-corrected chi connectivity index (χ2v) is 5.23. The highest BCUT2D eigenvalue weighted by Crippen LogP contribution is 2.29. The molecular formula is C16H23N3. The molecule has 0 radical (unpaired) electrons. The van der Waals surface area contributed by atoms with Crippen molar-refractivity contribution in [2.75, 3.05) is 5.73 Å². The smallest absolute Gasteiger partial charge is 0.131 e. The first-order valence-electron chi connectivity index (χ1n) is 7.06. The lowest BCUT2D eigenvalue weighted by molar-refractivity contribution is 0.588. The lowest BCUT2D eigenvalue weighted by Crippen LogP contribution is -2.08. The maximum absolute atomic E-state index is 6.32. The summed E-state index contributed by atoms with van der Waals surface area (Å²) in [4.78, 5) is 4.77. The molecule has 0 saturated heterocycles. The first kappa shape index (κ1) is 13.7. The van der Waals surface area contributed by atoms with Crippen molar-refractivity contribution in [1.29, 1.82) is 0 Å². The Labute approximate surface area is 115 Å². The highest BCUT2D eigenvalue weighted by molar-refractivity contribution is 5.71. The molecule has 2 rings (SSSR count). The van der Waals surface area contributed by atoms with Crippen molar-refractivity contribution in [3.8, 4) is 11.3 Å². The molecule has 0 saturated carbocycles. The van der Waals surface area contributed by atoms with E-state index in [0.29, 0.717) is 5.92 Å². The van der Waals surface area contributed by atoms with Gasteiger partial charge in [-0.1, -0.05) is 57.5 Å². The summed E-state index contributed by atoms with van der Waals surface area (Å²) in [5.74, 6) is 2.27. The summed E-state index contributed by atoms with van der Waals surface area (Å²) in [7, 11) is 0. The zero-order chi connectivity index (χ0) is 13.8. The standard InChI is InChI=1S/C16H23N3/c1-4-5-11-19-15(17)14(18-16(19)12(2)3)13-9-7-6-8-10-13/h6-10,12H,4-5,11,17H2,1-3H3. The molecule has 0 unspecified atom stereocenters. The Bertz CT molecular complexity index is 526. The van der Waals surface area contributed by atoms with Crippen LogP contribution < -0.4 is 5.73 Å². The summed E-state index contributed by atoms with van der Waals surface area (Å²) in [6.45, 7) is 7.48. The van der Waals surface area contributed by atoms with E-state index in [1.165, 1.54) is 0 Å². The number of rotatable bonds is 5. The Balaban J connectivity index is 2.46. The van der Waals surface area contributed by atoms with Crippen LogP contribution >= 0.6 is 0 Å². The van der Waals surface area contributed by atoms with Gasteiger partial charge in [0.15, 0.2) is 0 Å². The summed E-state index contributed by atoms with van der Waals surface area (Å²) >= 11 is 0. The van der Waals surface area contributed by atoms with Gasteiger partial charge in [-0.25, -0.2) is 4.98 Å². The van der Waals surface area contributed by atoms with E-state index in [1.807, 2.05) is 18.2 Å². The highest BCUT2D eigenvalue weighted by atomic mass is 15.1. The fourth-order valence-corrected chi connectivity index (χ4v) is 2.28. The fraction of sp³-hybridized carbons (Fsp3) is 0.438. The van der Waals surface area contributed by atoms with Crippen LogP contribution in [0.15, 0.2) is 30.3 Å². The van der Waals surface area contributed by atoms with E-state index < -0.39 is 0 Å². The second kappa shape index (κ2) is 5.91. The van der Waals surface area contributed by atoms with Gasteiger partial charge in [0.25, 0.3) is 0 Å². The predicted octanol–water partition coefficient (Wildman–Crippen LogP) is 4.06. The topological polar surface area (TPSA) is 43.8 Å². The normalized spacial score (nSPS) is 11.2. The van der Waals surface area contributed by atoms with Gasteiger partial charge in [-0.2, -0.15) is 0 Å². The predicted molar refractivity (Wildman–Crippen MR) is 81.1 cm³/mol. The Morgan fingerprint density at radius 2 is 1.89 bits per heavy atom. The van der Waals surface area contributed by atoms with Crippen molar-refractivity contribution >= 4 is 5.82 Å². The van der Waals surface area contributed by atoms with Crippen LogP contribution in [0.25, 0.3) is 11.3 Å². The van der Waals surface area contributed by atoms with Crippen LogP contribution in [0.4, 0.5) is 5.82 Å². The van der Waals surface area contributed by atoms with Gasteiger partial charge in [0.05, 0.1) is 0 Å². The number of anilines is 1. The minimum absolute atomic E-state index is 0.386. The zero-order valence-corrected chi connectivity index (χ0v) is 12.1. The minimum atomic E-state index is 0.386.